The second-order valence-electron chi connectivity index (χ2n) is 4.88. The zero-order chi connectivity index (χ0) is 12.8. The SMILES string of the molecule is CCC(COc1cc(C(C)C)ccc1C)NC. The third-order valence-corrected chi connectivity index (χ3v) is 3.22. The van der Waals surface area contributed by atoms with Crippen LogP contribution in [0.3, 0.4) is 0 Å². The summed E-state index contributed by atoms with van der Waals surface area (Å²) < 4.78 is 5.91. The van der Waals surface area contributed by atoms with E-state index >= 15 is 0 Å². The molecule has 1 atom stereocenters. The molecule has 0 aromatic heterocycles. The van der Waals surface area contributed by atoms with Crippen molar-refractivity contribution >= 4 is 0 Å². The number of hydrogen-bond donors (Lipinski definition) is 1. The summed E-state index contributed by atoms with van der Waals surface area (Å²) in [4.78, 5) is 0. The molecule has 0 spiro atoms. The van der Waals surface area contributed by atoms with Gasteiger partial charge in [-0.3, -0.25) is 0 Å². The van der Waals surface area contributed by atoms with Gasteiger partial charge >= 0.3 is 0 Å². The Morgan fingerprint density at radius 2 is 2.00 bits per heavy atom. The molecular weight excluding hydrogens is 210 g/mol. The number of hydrogen-bond acceptors (Lipinski definition) is 2. The van der Waals surface area contributed by atoms with Gasteiger partial charge in [0.25, 0.3) is 0 Å². The van der Waals surface area contributed by atoms with Crippen molar-refractivity contribution in [3.8, 4) is 5.75 Å². The van der Waals surface area contributed by atoms with Crippen LogP contribution in [-0.2, 0) is 0 Å². The van der Waals surface area contributed by atoms with Gasteiger partial charge in [0, 0.05) is 6.04 Å². The molecule has 0 radical (unpaired) electrons. The molecule has 1 rings (SSSR count). The number of nitrogens with one attached hydrogen (secondary N) is 1. The Kier molecular flexibility index (Phi) is 5.49. The molecule has 0 saturated heterocycles. The lowest BCUT2D eigenvalue weighted by Crippen LogP contribution is -2.30. The van der Waals surface area contributed by atoms with Crippen LogP contribution in [0, 0.1) is 6.92 Å². The molecule has 0 bridgehead atoms. The number of rotatable bonds is 6. The molecule has 1 aromatic rings. The first kappa shape index (κ1) is 14.0. The predicted octanol–water partition coefficient (Wildman–Crippen LogP) is 3.50. The summed E-state index contributed by atoms with van der Waals surface area (Å²) in [7, 11) is 1.98. The van der Waals surface area contributed by atoms with Crippen LogP contribution in [0.25, 0.3) is 0 Å². The van der Waals surface area contributed by atoms with Crippen molar-refractivity contribution in [1.29, 1.82) is 0 Å². The van der Waals surface area contributed by atoms with Crippen molar-refractivity contribution in [3.05, 3.63) is 29.3 Å². The normalized spacial score (nSPS) is 12.8. The molecular formula is C15H25NO. The maximum atomic E-state index is 5.91. The first-order valence-corrected chi connectivity index (χ1v) is 6.49. The molecule has 0 saturated carbocycles. The van der Waals surface area contributed by atoms with Crippen LogP contribution in [0.1, 0.15) is 44.2 Å². The number of likely N-dealkylation sites (N-methyl/N-ethyl adjacent to an activating group) is 1. The van der Waals surface area contributed by atoms with E-state index in [2.05, 4.69) is 51.2 Å². The largest absolute Gasteiger partial charge is 0.492 e. The summed E-state index contributed by atoms with van der Waals surface area (Å²) in [5, 5.41) is 3.25. The van der Waals surface area contributed by atoms with Gasteiger partial charge in [-0.25, -0.2) is 0 Å². The quantitative estimate of drug-likeness (QED) is 0.815. The van der Waals surface area contributed by atoms with E-state index in [1.54, 1.807) is 0 Å². The molecule has 0 aliphatic rings. The van der Waals surface area contributed by atoms with E-state index in [4.69, 9.17) is 4.74 Å². The lowest BCUT2D eigenvalue weighted by molar-refractivity contribution is 0.265. The Morgan fingerprint density at radius 1 is 1.29 bits per heavy atom. The van der Waals surface area contributed by atoms with Crippen LogP contribution < -0.4 is 10.1 Å². The highest BCUT2D eigenvalue weighted by molar-refractivity contribution is 5.37. The van der Waals surface area contributed by atoms with Gasteiger partial charge in [-0.2, -0.15) is 0 Å². The van der Waals surface area contributed by atoms with Crippen molar-refractivity contribution in [1.82, 2.24) is 5.32 Å². The minimum Gasteiger partial charge on any atom is -0.492 e. The lowest BCUT2D eigenvalue weighted by atomic mass is 10.0. The van der Waals surface area contributed by atoms with Gasteiger partial charge in [-0.05, 0) is 43.5 Å². The van der Waals surface area contributed by atoms with E-state index in [-0.39, 0.29) is 0 Å². The number of aryl methyl sites for hydroxylation is 1. The molecule has 2 nitrogen and oxygen atoms in total. The highest BCUT2D eigenvalue weighted by atomic mass is 16.5. The standard InChI is InChI=1S/C15H25NO/c1-6-14(16-5)10-17-15-9-13(11(2)3)8-7-12(15)4/h7-9,11,14,16H,6,10H2,1-5H3. The van der Waals surface area contributed by atoms with Gasteiger partial charge in [0.1, 0.15) is 12.4 Å². The second-order valence-corrected chi connectivity index (χ2v) is 4.88. The van der Waals surface area contributed by atoms with Gasteiger partial charge < -0.3 is 10.1 Å². The summed E-state index contributed by atoms with van der Waals surface area (Å²) in [6, 6.07) is 6.92. The molecule has 17 heavy (non-hydrogen) atoms. The fraction of sp³-hybridized carbons (Fsp3) is 0.600. The van der Waals surface area contributed by atoms with E-state index in [1.807, 2.05) is 7.05 Å². The molecule has 96 valence electrons. The number of benzene rings is 1. The molecule has 0 amide bonds. The Bertz CT molecular complexity index is 343. The lowest BCUT2D eigenvalue weighted by Gasteiger charge is -2.17. The Labute approximate surface area is 105 Å². The topological polar surface area (TPSA) is 21.3 Å². The summed E-state index contributed by atoms with van der Waals surface area (Å²) >= 11 is 0. The fourth-order valence-electron chi connectivity index (χ4n) is 1.73. The molecule has 1 N–H and O–H groups in total. The van der Waals surface area contributed by atoms with Crippen LogP contribution in [0.2, 0.25) is 0 Å². The van der Waals surface area contributed by atoms with Crippen molar-refractivity contribution in [2.75, 3.05) is 13.7 Å². The first-order chi connectivity index (χ1) is 8.08. The Morgan fingerprint density at radius 3 is 2.53 bits per heavy atom. The average molecular weight is 235 g/mol. The first-order valence-electron chi connectivity index (χ1n) is 6.49. The summed E-state index contributed by atoms with van der Waals surface area (Å²) in [6.07, 6.45) is 1.08. The third-order valence-electron chi connectivity index (χ3n) is 3.22. The van der Waals surface area contributed by atoms with Crippen LogP contribution >= 0.6 is 0 Å². The fourth-order valence-corrected chi connectivity index (χ4v) is 1.73. The zero-order valence-electron chi connectivity index (χ0n) is 11.7. The molecule has 0 fully saturated rings. The Hall–Kier alpha value is -1.02. The molecule has 1 aromatic carbocycles. The number of ether oxygens (including phenoxy) is 1. The van der Waals surface area contributed by atoms with Crippen LogP contribution in [0.4, 0.5) is 0 Å². The van der Waals surface area contributed by atoms with Crippen molar-refractivity contribution in [3.63, 3.8) is 0 Å². The van der Waals surface area contributed by atoms with E-state index in [0.717, 1.165) is 18.8 Å². The maximum absolute atomic E-state index is 5.91. The summed E-state index contributed by atoms with van der Waals surface area (Å²) in [5.74, 6) is 1.56. The van der Waals surface area contributed by atoms with Crippen LogP contribution in [0.15, 0.2) is 18.2 Å². The van der Waals surface area contributed by atoms with E-state index in [1.165, 1.54) is 11.1 Å². The van der Waals surface area contributed by atoms with Gasteiger partial charge in [-0.15, -0.1) is 0 Å². The molecule has 1 unspecified atom stereocenters. The second kappa shape index (κ2) is 6.65. The molecule has 0 aliphatic heterocycles. The van der Waals surface area contributed by atoms with Gasteiger partial charge in [0.15, 0.2) is 0 Å². The predicted molar refractivity (Wildman–Crippen MR) is 73.9 cm³/mol. The molecule has 2 heteroatoms. The summed E-state index contributed by atoms with van der Waals surface area (Å²) in [6.45, 7) is 9.41. The van der Waals surface area contributed by atoms with E-state index in [9.17, 15) is 0 Å². The van der Waals surface area contributed by atoms with E-state index in [0.29, 0.717) is 12.0 Å². The van der Waals surface area contributed by atoms with Crippen LogP contribution in [0.5, 0.6) is 5.75 Å². The highest BCUT2D eigenvalue weighted by Gasteiger charge is 2.07. The summed E-state index contributed by atoms with van der Waals surface area (Å²) in [5.41, 5.74) is 2.54. The molecule has 0 aliphatic carbocycles. The van der Waals surface area contributed by atoms with Crippen molar-refractivity contribution < 1.29 is 4.74 Å². The zero-order valence-corrected chi connectivity index (χ0v) is 11.7. The van der Waals surface area contributed by atoms with Crippen molar-refractivity contribution in [2.24, 2.45) is 0 Å². The van der Waals surface area contributed by atoms with Crippen LogP contribution in [-0.4, -0.2) is 19.7 Å². The van der Waals surface area contributed by atoms with Gasteiger partial charge in [-0.1, -0.05) is 32.9 Å². The smallest absolute Gasteiger partial charge is 0.122 e. The highest BCUT2D eigenvalue weighted by Crippen LogP contribution is 2.24. The van der Waals surface area contributed by atoms with Gasteiger partial charge in [0.2, 0.25) is 0 Å². The van der Waals surface area contributed by atoms with E-state index < -0.39 is 0 Å². The minimum absolute atomic E-state index is 0.428. The minimum atomic E-state index is 0.428. The average Bonchev–Trinajstić information content (AvgIpc) is 2.32. The monoisotopic (exact) mass is 235 g/mol. The maximum Gasteiger partial charge on any atom is 0.122 e. The Balaban J connectivity index is 2.72. The van der Waals surface area contributed by atoms with Gasteiger partial charge in [0.05, 0.1) is 0 Å². The van der Waals surface area contributed by atoms with Crippen molar-refractivity contribution in [2.45, 2.75) is 46.1 Å². The third kappa shape index (κ3) is 4.04. The molecule has 0 heterocycles.